The topological polar surface area (TPSA) is 70.8 Å². The van der Waals surface area contributed by atoms with Crippen LogP contribution in [0.25, 0.3) is 11.3 Å². The van der Waals surface area contributed by atoms with Crippen molar-refractivity contribution in [3.8, 4) is 17.0 Å². The number of benzene rings is 1. The molecule has 0 radical (unpaired) electrons. The van der Waals surface area contributed by atoms with Gasteiger partial charge in [0.05, 0.1) is 12.8 Å². The molecular formula is C16H12F6N4O2. The molecule has 1 aliphatic rings. The van der Waals surface area contributed by atoms with Gasteiger partial charge in [-0.15, -0.1) is 0 Å². The predicted molar refractivity (Wildman–Crippen MR) is 85.6 cm³/mol. The van der Waals surface area contributed by atoms with Gasteiger partial charge >= 0.3 is 12.4 Å². The van der Waals surface area contributed by atoms with Crippen LogP contribution in [-0.4, -0.2) is 40.3 Å². The monoisotopic (exact) mass is 406 g/mol. The van der Waals surface area contributed by atoms with Crippen molar-refractivity contribution >= 4 is 12.2 Å². The van der Waals surface area contributed by atoms with Crippen LogP contribution in [0.15, 0.2) is 35.4 Å². The van der Waals surface area contributed by atoms with Crippen molar-refractivity contribution in [2.24, 2.45) is 5.10 Å². The molecule has 1 N–H and O–H groups in total. The highest BCUT2D eigenvalue weighted by molar-refractivity contribution is 5.68. The number of aromatic nitrogens is 2. The Morgan fingerprint density at radius 2 is 1.82 bits per heavy atom. The van der Waals surface area contributed by atoms with Gasteiger partial charge in [0.2, 0.25) is 5.95 Å². The Labute approximate surface area is 154 Å². The molecule has 2 aromatic rings. The summed E-state index contributed by atoms with van der Waals surface area (Å²) in [5.74, 6) is -0.738. The number of hydrazone groups is 1. The van der Waals surface area contributed by atoms with Gasteiger partial charge in [-0.3, -0.25) is 0 Å². The summed E-state index contributed by atoms with van der Waals surface area (Å²) in [5, 5.41) is 13.2. The number of aliphatic hydroxyl groups is 1. The Morgan fingerprint density at radius 3 is 2.43 bits per heavy atom. The van der Waals surface area contributed by atoms with Crippen LogP contribution < -0.4 is 9.75 Å². The second-order valence-corrected chi connectivity index (χ2v) is 5.80. The second-order valence-electron chi connectivity index (χ2n) is 5.80. The first-order valence-corrected chi connectivity index (χ1v) is 7.68. The van der Waals surface area contributed by atoms with Crippen LogP contribution in [0.5, 0.6) is 5.75 Å². The quantitative estimate of drug-likeness (QED) is 0.789. The summed E-state index contributed by atoms with van der Waals surface area (Å²) < 4.78 is 84.6. The first kappa shape index (κ1) is 19.9. The van der Waals surface area contributed by atoms with E-state index >= 15 is 0 Å². The van der Waals surface area contributed by atoms with Crippen molar-refractivity contribution in [1.29, 1.82) is 0 Å². The third-order valence-electron chi connectivity index (χ3n) is 3.94. The van der Waals surface area contributed by atoms with Crippen LogP contribution in [0.3, 0.4) is 0 Å². The first-order chi connectivity index (χ1) is 13.0. The van der Waals surface area contributed by atoms with Crippen molar-refractivity contribution in [3.63, 3.8) is 0 Å². The Morgan fingerprint density at radius 1 is 1.11 bits per heavy atom. The molecule has 1 aromatic heterocycles. The van der Waals surface area contributed by atoms with Crippen LogP contribution >= 0.6 is 0 Å². The minimum absolute atomic E-state index is 0.0636. The van der Waals surface area contributed by atoms with E-state index in [0.717, 1.165) is 6.21 Å². The van der Waals surface area contributed by atoms with Crippen LogP contribution in [0.1, 0.15) is 12.1 Å². The van der Waals surface area contributed by atoms with E-state index in [1.165, 1.54) is 31.4 Å². The van der Waals surface area contributed by atoms with Crippen molar-refractivity contribution < 1.29 is 36.2 Å². The van der Waals surface area contributed by atoms with Crippen LogP contribution in [-0.2, 0) is 6.18 Å². The van der Waals surface area contributed by atoms with E-state index in [0.29, 0.717) is 11.8 Å². The summed E-state index contributed by atoms with van der Waals surface area (Å²) in [6.45, 7) is 0. The zero-order chi connectivity index (χ0) is 20.7. The smallest absolute Gasteiger partial charge is 0.438 e. The number of rotatable bonds is 3. The molecule has 28 heavy (non-hydrogen) atoms. The molecule has 0 fully saturated rings. The Hall–Kier alpha value is -2.89. The van der Waals surface area contributed by atoms with Gasteiger partial charge in [-0.05, 0) is 18.2 Å². The van der Waals surface area contributed by atoms with Crippen LogP contribution in [0.2, 0.25) is 0 Å². The van der Waals surface area contributed by atoms with E-state index in [4.69, 9.17) is 4.74 Å². The van der Waals surface area contributed by atoms with Crippen molar-refractivity contribution in [2.75, 3.05) is 12.1 Å². The van der Waals surface area contributed by atoms with Crippen LogP contribution in [0, 0.1) is 0 Å². The molecule has 0 aliphatic carbocycles. The number of hydrogen-bond donors (Lipinski definition) is 1. The maximum atomic E-state index is 13.3. The molecule has 1 atom stereocenters. The fraction of sp³-hybridized carbons (Fsp3) is 0.312. The average molecular weight is 406 g/mol. The Bertz CT molecular complexity index is 915. The molecular weight excluding hydrogens is 394 g/mol. The molecule has 0 spiro atoms. The van der Waals surface area contributed by atoms with Crippen molar-refractivity contribution in [3.05, 3.63) is 36.0 Å². The normalized spacial score (nSPS) is 19.9. The van der Waals surface area contributed by atoms with Gasteiger partial charge in [-0.1, -0.05) is 12.1 Å². The van der Waals surface area contributed by atoms with E-state index in [2.05, 4.69) is 15.1 Å². The predicted octanol–water partition coefficient (Wildman–Crippen LogP) is 3.62. The van der Waals surface area contributed by atoms with Gasteiger partial charge in [-0.25, -0.2) is 9.97 Å². The molecule has 150 valence electrons. The number of hydrogen-bond acceptors (Lipinski definition) is 6. The highest BCUT2D eigenvalue weighted by Gasteiger charge is 2.61. The second kappa shape index (κ2) is 6.62. The number of anilines is 1. The Kier molecular flexibility index (Phi) is 4.69. The lowest BCUT2D eigenvalue weighted by Crippen LogP contribution is -2.55. The molecule has 6 nitrogen and oxygen atoms in total. The van der Waals surface area contributed by atoms with Gasteiger partial charge in [0.1, 0.15) is 5.75 Å². The van der Waals surface area contributed by atoms with Gasteiger partial charge in [-0.2, -0.15) is 36.5 Å². The molecule has 0 saturated heterocycles. The largest absolute Gasteiger partial charge is 0.497 e. The SMILES string of the molecule is COc1cccc(-c2cc(C(F)(F)F)nc(N3N=CC[C@]3(O)C(F)(F)F)n2)c1. The molecule has 0 unspecified atom stereocenters. The van der Waals surface area contributed by atoms with Gasteiger partial charge < -0.3 is 9.84 Å². The molecule has 3 rings (SSSR count). The summed E-state index contributed by atoms with van der Waals surface area (Å²) in [6, 6.07) is 6.35. The van der Waals surface area contributed by atoms with Crippen LogP contribution in [0.4, 0.5) is 32.3 Å². The lowest BCUT2D eigenvalue weighted by atomic mass is 10.1. The first-order valence-electron chi connectivity index (χ1n) is 7.68. The standard InChI is InChI=1S/C16H12F6N4O2/c1-28-10-4-2-3-9(7-10)11-8-12(15(17,18)19)25-13(24-11)26-14(27,5-6-23-26)16(20,21)22/h2-4,6-8,27H,5H2,1H3/t14-/m0/s1. The average Bonchev–Trinajstić information content (AvgIpc) is 3.03. The summed E-state index contributed by atoms with van der Waals surface area (Å²) in [5.41, 5.74) is -5.21. The van der Waals surface area contributed by atoms with E-state index in [-0.39, 0.29) is 16.3 Å². The fourth-order valence-electron chi connectivity index (χ4n) is 2.49. The minimum Gasteiger partial charge on any atom is -0.497 e. The van der Waals surface area contributed by atoms with Gasteiger partial charge in [0.25, 0.3) is 5.72 Å². The number of halogens is 6. The number of ether oxygens (including phenoxy) is 1. The maximum absolute atomic E-state index is 13.3. The zero-order valence-corrected chi connectivity index (χ0v) is 14.1. The van der Waals surface area contributed by atoms with E-state index in [1.807, 2.05) is 0 Å². The van der Waals surface area contributed by atoms with E-state index in [9.17, 15) is 31.4 Å². The Balaban J connectivity index is 2.18. The van der Waals surface area contributed by atoms with Crippen molar-refractivity contribution in [1.82, 2.24) is 9.97 Å². The highest BCUT2D eigenvalue weighted by Crippen LogP contribution is 2.41. The third kappa shape index (κ3) is 3.46. The fourth-order valence-corrected chi connectivity index (χ4v) is 2.49. The summed E-state index contributed by atoms with van der Waals surface area (Å²) >= 11 is 0. The molecule has 0 bridgehead atoms. The molecule has 1 aliphatic heterocycles. The number of nitrogens with zero attached hydrogens (tertiary/aromatic N) is 4. The maximum Gasteiger partial charge on any atom is 0.438 e. The van der Waals surface area contributed by atoms with Gasteiger partial charge in [0, 0.05) is 18.2 Å². The number of alkyl halides is 6. The van der Waals surface area contributed by atoms with Gasteiger partial charge in [0.15, 0.2) is 5.69 Å². The number of methoxy groups -OCH3 is 1. The molecule has 12 heteroatoms. The minimum atomic E-state index is -5.21. The zero-order valence-electron chi connectivity index (χ0n) is 14.1. The third-order valence-corrected chi connectivity index (χ3v) is 3.94. The van der Waals surface area contributed by atoms with Crippen molar-refractivity contribution in [2.45, 2.75) is 24.5 Å². The summed E-state index contributed by atoms with van der Waals surface area (Å²) in [4.78, 5) is 6.92. The lowest BCUT2D eigenvalue weighted by Gasteiger charge is -2.32. The summed E-state index contributed by atoms with van der Waals surface area (Å²) in [7, 11) is 1.34. The van der Waals surface area contributed by atoms with E-state index < -0.39 is 36.1 Å². The highest BCUT2D eigenvalue weighted by atomic mass is 19.4. The van der Waals surface area contributed by atoms with E-state index in [1.54, 1.807) is 0 Å². The molecule has 2 heterocycles. The molecule has 0 amide bonds. The molecule has 1 aromatic carbocycles. The molecule has 0 saturated carbocycles. The summed E-state index contributed by atoms with van der Waals surface area (Å²) in [6.07, 6.45) is -10.4. The lowest BCUT2D eigenvalue weighted by molar-refractivity contribution is -0.254.